The van der Waals surface area contributed by atoms with Crippen LogP contribution in [0.25, 0.3) is 0 Å². The van der Waals surface area contributed by atoms with Gasteiger partial charge < -0.3 is 4.43 Å². The average Bonchev–Trinajstić information content (AvgIpc) is 2.13. The fraction of sp³-hybridized carbons (Fsp3) is 1.00. The van der Waals surface area contributed by atoms with Crippen LogP contribution in [0.1, 0.15) is 39.0 Å². The van der Waals surface area contributed by atoms with Gasteiger partial charge in [0.15, 0.2) is 13.9 Å². The van der Waals surface area contributed by atoms with Crippen molar-refractivity contribution >= 4 is 8.32 Å². The lowest BCUT2D eigenvalue weighted by atomic mass is 9.76. The summed E-state index contributed by atoms with van der Waals surface area (Å²) in [7, 11) is -2.19. The summed E-state index contributed by atoms with van der Waals surface area (Å²) in [6.07, 6.45) is -1.60. The average molecular weight is 268 g/mol. The van der Waals surface area contributed by atoms with E-state index in [0.717, 1.165) is 12.8 Å². The molecular weight excluding hydrogens is 245 g/mol. The van der Waals surface area contributed by atoms with Crippen LogP contribution in [0.5, 0.6) is 0 Å². The quantitative estimate of drug-likeness (QED) is 0.672. The van der Waals surface area contributed by atoms with Crippen LogP contribution in [0, 0.1) is 5.92 Å². The van der Waals surface area contributed by atoms with Crippen LogP contribution in [-0.2, 0) is 4.43 Å². The van der Waals surface area contributed by atoms with E-state index in [1.165, 1.54) is 0 Å². The summed E-state index contributed by atoms with van der Waals surface area (Å²) in [5, 5.41) is 0. The van der Waals surface area contributed by atoms with Crippen molar-refractivity contribution in [3.8, 4) is 0 Å². The Hall–Kier alpha value is -0.0331. The van der Waals surface area contributed by atoms with Gasteiger partial charge in [0, 0.05) is 0 Å². The zero-order valence-electron chi connectivity index (χ0n) is 11.2. The molecule has 2 atom stereocenters. The van der Waals surface area contributed by atoms with E-state index in [-0.39, 0.29) is 18.8 Å². The molecule has 0 aromatic carbocycles. The van der Waals surface area contributed by atoms with E-state index in [2.05, 4.69) is 0 Å². The van der Waals surface area contributed by atoms with Crippen LogP contribution < -0.4 is 0 Å². The molecule has 1 nitrogen and oxygen atoms in total. The molecule has 0 aromatic rings. The van der Waals surface area contributed by atoms with Crippen molar-refractivity contribution in [2.24, 2.45) is 5.92 Å². The van der Waals surface area contributed by atoms with Gasteiger partial charge in [-0.3, -0.25) is 0 Å². The van der Waals surface area contributed by atoms with Gasteiger partial charge in [-0.25, -0.2) is 0 Å². The van der Waals surface area contributed by atoms with E-state index in [4.69, 9.17) is 4.43 Å². The predicted molar refractivity (Wildman–Crippen MR) is 65.5 cm³/mol. The van der Waals surface area contributed by atoms with Crippen LogP contribution in [0.3, 0.4) is 0 Å². The maximum atomic E-state index is 13.3. The van der Waals surface area contributed by atoms with Gasteiger partial charge in [0.25, 0.3) is 0 Å². The topological polar surface area (TPSA) is 9.23 Å². The van der Waals surface area contributed by atoms with Crippen LogP contribution in [0.4, 0.5) is 13.2 Å². The normalized spacial score (nSPS) is 31.6. The summed E-state index contributed by atoms with van der Waals surface area (Å²) < 4.78 is 45.6. The second kappa shape index (κ2) is 4.92. The smallest absolute Gasteiger partial charge is 0.404 e. The molecule has 102 valence electrons. The largest absolute Gasteiger partial charge is 0.416 e. The molecule has 0 spiro atoms. The molecular formula is C12H23F3OSi. The minimum Gasteiger partial charge on any atom is -0.404 e. The molecule has 1 aliphatic carbocycles. The van der Waals surface area contributed by atoms with Gasteiger partial charge in [0.1, 0.15) is 0 Å². The summed E-state index contributed by atoms with van der Waals surface area (Å²) >= 11 is 0. The zero-order valence-corrected chi connectivity index (χ0v) is 12.2. The molecule has 0 aliphatic heterocycles. The maximum absolute atomic E-state index is 13.3. The van der Waals surface area contributed by atoms with Crippen LogP contribution in [-0.4, -0.2) is 20.1 Å². The van der Waals surface area contributed by atoms with Gasteiger partial charge in [0.05, 0.1) is 0 Å². The molecule has 1 fully saturated rings. The Kier molecular flexibility index (Phi) is 4.35. The highest BCUT2D eigenvalue weighted by Gasteiger charge is 2.58. The predicted octanol–water partition coefficient (Wildman–Crippen LogP) is 4.74. The van der Waals surface area contributed by atoms with E-state index >= 15 is 0 Å². The molecule has 17 heavy (non-hydrogen) atoms. The van der Waals surface area contributed by atoms with Crippen LogP contribution >= 0.6 is 0 Å². The molecule has 5 heteroatoms. The Morgan fingerprint density at radius 2 is 1.88 bits per heavy atom. The minimum atomic E-state index is -4.24. The zero-order chi connectivity index (χ0) is 13.3. The number of rotatable bonds is 3. The van der Waals surface area contributed by atoms with Gasteiger partial charge in [-0.2, -0.15) is 13.2 Å². The van der Waals surface area contributed by atoms with Crippen molar-refractivity contribution in [3.63, 3.8) is 0 Å². The molecule has 0 heterocycles. The number of hydrogen-bond donors (Lipinski definition) is 0. The molecule has 0 bridgehead atoms. The number of halogens is 3. The summed E-state index contributed by atoms with van der Waals surface area (Å²) in [4.78, 5) is 0. The Balaban J connectivity index is 2.94. The van der Waals surface area contributed by atoms with Gasteiger partial charge in [-0.15, -0.1) is 0 Å². The maximum Gasteiger partial charge on any atom is 0.416 e. The highest BCUT2D eigenvalue weighted by molar-refractivity contribution is 6.69. The Morgan fingerprint density at radius 3 is 2.29 bits per heavy atom. The van der Waals surface area contributed by atoms with Crippen LogP contribution in [0.2, 0.25) is 19.6 Å². The van der Waals surface area contributed by atoms with Gasteiger partial charge in [-0.05, 0) is 44.8 Å². The van der Waals surface area contributed by atoms with Crippen molar-refractivity contribution in [1.29, 1.82) is 0 Å². The highest BCUT2D eigenvalue weighted by Crippen LogP contribution is 2.48. The monoisotopic (exact) mass is 268 g/mol. The lowest BCUT2D eigenvalue weighted by Gasteiger charge is -2.45. The molecule has 2 unspecified atom stereocenters. The van der Waals surface area contributed by atoms with Crippen molar-refractivity contribution < 1.29 is 17.6 Å². The Bertz CT molecular complexity index is 259. The van der Waals surface area contributed by atoms with Gasteiger partial charge in [0.2, 0.25) is 0 Å². The standard InChI is InChI=1S/C12H23F3OSi/c1-5-10-7-6-8-11(9-10,12(13,14)15)16-17(2,3)4/h10H,5-9H2,1-4H3. The third-order valence-corrected chi connectivity index (χ3v) is 4.41. The van der Waals surface area contributed by atoms with Gasteiger partial charge in [-0.1, -0.05) is 19.8 Å². The molecule has 0 saturated heterocycles. The molecule has 0 N–H and O–H groups in total. The first-order valence-corrected chi connectivity index (χ1v) is 9.77. The number of hydrogen-bond acceptors (Lipinski definition) is 1. The SMILES string of the molecule is CCC1CCCC(O[Si](C)(C)C)(C(F)(F)F)C1. The Labute approximate surface area is 103 Å². The highest BCUT2D eigenvalue weighted by atomic mass is 28.4. The molecule has 1 saturated carbocycles. The third-order valence-electron chi connectivity index (χ3n) is 3.41. The minimum absolute atomic E-state index is 0.136. The second-order valence-corrected chi connectivity index (χ2v) is 10.5. The first-order chi connectivity index (χ1) is 7.60. The fourth-order valence-electron chi connectivity index (χ4n) is 2.69. The summed E-state index contributed by atoms with van der Waals surface area (Å²) in [5.74, 6) is 0.154. The fourth-order valence-corrected chi connectivity index (χ4v) is 4.16. The van der Waals surface area contributed by atoms with Crippen molar-refractivity contribution in [3.05, 3.63) is 0 Å². The van der Waals surface area contributed by atoms with E-state index < -0.39 is 20.1 Å². The summed E-state index contributed by atoms with van der Waals surface area (Å²) in [6.45, 7) is 7.45. The number of alkyl halides is 3. The first kappa shape index (κ1) is 15.0. The van der Waals surface area contributed by atoms with E-state index in [9.17, 15) is 13.2 Å². The van der Waals surface area contributed by atoms with Gasteiger partial charge >= 0.3 is 6.18 Å². The van der Waals surface area contributed by atoms with Crippen LogP contribution in [0.15, 0.2) is 0 Å². The molecule has 0 aromatic heterocycles. The van der Waals surface area contributed by atoms with Crippen molar-refractivity contribution in [2.75, 3.05) is 0 Å². The van der Waals surface area contributed by atoms with Crippen molar-refractivity contribution in [2.45, 2.75) is 70.4 Å². The molecule has 0 amide bonds. The van der Waals surface area contributed by atoms with E-state index in [0.29, 0.717) is 6.42 Å². The molecule has 0 radical (unpaired) electrons. The summed E-state index contributed by atoms with van der Waals surface area (Å²) in [5.41, 5.74) is -1.86. The lowest BCUT2D eigenvalue weighted by molar-refractivity contribution is -0.266. The third kappa shape index (κ3) is 3.71. The van der Waals surface area contributed by atoms with E-state index in [1.54, 1.807) is 0 Å². The van der Waals surface area contributed by atoms with E-state index in [1.807, 2.05) is 26.6 Å². The Morgan fingerprint density at radius 1 is 1.29 bits per heavy atom. The lowest BCUT2D eigenvalue weighted by Crippen LogP contribution is -2.55. The first-order valence-electron chi connectivity index (χ1n) is 6.36. The second-order valence-electron chi connectivity index (χ2n) is 6.08. The molecule has 1 aliphatic rings. The van der Waals surface area contributed by atoms with Crippen molar-refractivity contribution in [1.82, 2.24) is 0 Å². The molecule has 1 rings (SSSR count). The summed E-state index contributed by atoms with van der Waals surface area (Å²) in [6, 6.07) is 0.